The quantitative estimate of drug-likeness (QED) is 0.196. The van der Waals surface area contributed by atoms with E-state index in [1.165, 1.54) is 12.3 Å². The molecule has 10 heteroatoms. The third-order valence-corrected chi connectivity index (χ3v) is 6.82. The number of aromatic nitrogens is 2. The monoisotopic (exact) mass is 568 g/mol. The summed E-state index contributed by atoms with van der Waals surface area (Å²) >= 11 is 6.53. The van der Waals surface area contributed by atoms with Gasteiger partial charge in [-0.2, -0.15) is 5.26 Å². The van der Waals surface area contributed by atoms with Gasteiger partial charge in [-0.05, 0) is 62.7 Å². The fourth-order valence-corrected chi connectivity index (χ4v) is 4.78. The molecule has 0 bridgehead atoms. The molecular weight excluding hydrogens is 540 g/mol. The fraction of sp³-hybridized carbons (Fsp3) is 0.226. The molecule has 0 aliphatic carbocycles. The maximum atomic E-state index is 12.8. The Kier molecular flexibility index (Phi) is 8.94. The summed E-state index contributed by atoms with van der Waals surface area (Å²) in [4.78, 5) is 21.5. The third-order valence-electron chi connectivity index (χ3n) is 6.53. The Balaban J connectivity index is 1.42. The van der Waals surface area contributed by atoms with Crippen molar-refractivity contribution >= 4 is 45.5 Å². The lowest BCUT2D eigenvalue weighted by Crippen LogP contribution is -2.19. The van der Waals surface area contributed by atoms with Crippen molar-refractivity contribution in [3.05, 3.63) is 89.4 Å². The Morgan fingerprint density at radius 3 is 2.83 bits per heavy atom. The highest BCUT2D eigenvalue weighted by atomic mass is 35.5. The first-order valence-electron chi connectivity index (χ1n) is 13.4. The molecule has 1 atom stereocenters. The number of ether oxygens (including phenoxy) is 2. The number of hydrogen-bond donors (Lipinski definition) is 3. The minimum absolute atomic E-state index is 0.195. The average molecular weight is 569 g/mol. The summed E-state index contributed by atoms with van der Waals surface area (Å²) in [6.07, 6.45) is 8.71. The normalized spacial score (nSPS) is 14.6. The molecule has 41 heavy (non-hydrogen) atoms. The van der Waals surface area contributed by atoms with Crippen LogP contribution in [0.3, 0.4) is 0 Å². The molecule has 1 aliphatic rings. The van der Waals surface area contributed by atoms with Crippen LogP contribution in [0.5, 0.6) is 11.5 Å². The highest BCUT2D eigenvalue weighted by Gasteiger charge is 2.16. The fourth-order valence-electron chi connectivity index (χ4n) is 4.54. The maximum absolute atomic E-state index is 12.8. The zero-order valence-electron chi connectivity index (χ0n) is 22.5. The van der Waals surface area contributed by atoms with Gasteiger partial charge in [0.15, 0.2) is 0 Å². The molecule has 0 radical (unpaired) electrons. The van der Waals surface area contributed by atoms with E-state index in [-0.39, 0.29) is 18.6 Å². The van der Waals surface area contributed by atoms with Crippen LogP contribution in [0.25, 0.3) is 10.9 Å². The van der Waals surface area contributed by atoms with Gasteiger partial charge in [0.05, 0.1) is 39.8 Å². The molecule has 2 aromatic heterocycles. The van der Waals surface area contributed by atoms with Crippen LogP contribution in [0, 0.1) is 11.3 Å². The molecule has 1 unspecified atom stereocenters. The SMILES string of the molecule is CCOc1cc2ncc(C#N)c(Nc3ccc(OCc4ccccn4)c(Cl)c3)c2cc1NC(=O)/C=C/C1CCCN1. The van der Waals surface area contributed by atoms with E-state index in [0.717, 1.165) is 25.1 Å². The van der Waals surface area contributed by atoms with Gasteiger partial charge in [0.25, 0.3) is 0 Å². The smallest absolute Gasteiger partial charge is 0.248 e. The Bertz CT molecular complexity index is 1610. The number of nitrogens with one attached hydrogen (secondary N) is 3. The van der Waals surface area contributed by atoms with E-state index >= 15 is 0 Å². The number of pyridine rings is 2. The van der Waals surface area contributed by atoms with E-state index in [0.29, 0.717) is 56.7 Å². The van der Waals surface area contributed by atoms with Crippen LogP contribution in [0.2, 0.25) is 5.02 Å². The number of carbonyl (C=O) groups is 1. The average Bonchev–Trinajstić information content (AvgIpc) is 3.51. The number of amides is 1. The lowest BCUT2D eigenvalue weighted by Gasteiger charge is -2.16. The summed E-state index contributed by atoms with van der Waals surface area (Å²) in [5.41, 5.74) is 3.37. The van der Waals surface area contributed by atoms with Gasteiger partial charge >= 0.3 is 0 Å². The summed E-state index contributed by atoms with van der Waals surface area (Å²) in [5, 5.41) is 20.5. The lowest BCUT2D eigenvalue weighted by atomic mass is 10.1. The molecule has 3 heterocycles. The number of fused-ring (bicyclic) bond motifs is 1. The molecule has 2 aromatic carbocycles. The van der Waals surface area contributed by atoms with Crippen molar-refractivity contribution < 1.29 is 14.3 Å². The minimum Gasteiger partial charge on any atom is -0.492 e. The Hall–Kier alpha value is -4.65. The molecule has 1 saturated heterocycles. The summed E-state index contributed by atoms with van der Waals surface area (Å²) < 4.78 is 11.6. The second-order valence-electron chi connectivity index (χ2n) is 9.39. The van der Waals surface area contributed by atoms with Crippen molar-refractivity contribution in [3.8, 4) is 17.6 Å². The number of nitrogens with zero attached hydrogens (tertiary/aromatic N) is 3. The van der Waals surface area contributed by atoms with Crippen LogP contribution in [0.4, 0.5) is 17.1 Å². The minimum atomic E-state index is -0.272. The molecule has 3 N–H and O–H groups in total. The first kappa shape index (κ1) is 27.9. The maximum Gasteiger partial charge on any atom is 0.248 e. The summed E-state index contributed by atoms with van der Waals surface area (Å²) in [5.74, 6) is 0.725. The third kappa shape index (κ3) is 6.92. The van der Waals surface area contributed by atoms with Crippen molar-refractivity contribution in [1.82, 2.24) is 15.3 Å². The van der Waals surface area contributed by atoms with Crippen LogP contribution in [0.1, 0.15) is 31.0 Å². The molecule has 1 amide bonds. The summed E-state index contributed by atoms with van der Waals surface area (Å²) in [7, 11) is 0. The molecule has 208 valence electrons. The van der Waals surface area contributed by atoms with Gasteiger partial charge in [0.1, 0.15) is 24.2 Å². The van der Waals surface area contributed by atoms with Gasteiger partial charge in [-0.3, -0.25) is 14.8 Å². The Labute approximate surface area is 243 Å². The van der Waals surface area contributed by atoms with E-state index in [2.05, 4.69) is 32.0 Å². The second kappa shape index (κ2) is 13.1. The Morgan fingerprint density at radius 2 is 2.10 bits per heavy atom. The summed E-state index contributed by atoms with van der Waals surface area (Å²) in [6, 6.07) is 16.8. The predicted molar refractivity (Wildman–Crippen MR) is 160 cm³/mol. The molecule has 0 spiro atoms. The van der Waals surface area contributed by atoms with Gasteiger partial charge in [-0.1, -0.05) is 23.7 Å². The zero-order chi connectivity index (χ0) is 28.6. The van der Waals surface area contributed by atoms with Gasteiger partial charge in [-0.15, -0.1) is 0 Å². The molecule has 1 aliphatic heterocycles. The molecule has 4 aromatic rings. The van der Waals surface area contributed by atoms with E-state index in [4.69, 9.17) is 21.1 Å². The number of rotatable bonds is 10. The van der Waals surface area contributed by atoms with Crippen LogP contribution < -0.4 is 25.4 Å². The van der Waals surface area contributed by atoms with E-state index in [1.54, 1.807) is 30.5 Å². The van der Waals surface area contributed by atoms with Crippen molar-refractivity contribution in [2.75, 3.05) is 23.8 Å². The predicted octanol–water partition coefficient (Wildman–Crippen LogP) is 6.12. The van der Waals surface area contributed by atoms with E-state index in [9.17, 15) is 10.1 Å². The highest BCUT2D eigenvalue weighted by molar-refractivity contribution is 6.32. The Morgan fingerprint density at radius 1 is 1.20 bits per heavy atom. The van der Waals surface area contributed by atoms with Crippen LogP contribution in [0.15, 0.2) is 73.1 Å². The number of benzene rings is 2. The number of nitriles is 1. The van der Waals surface area contributed by atoms with Crippen LogP contribution >= 0.6 is 11.6 Å². The van der Waals surface area contributed by atoms with Crippen molar-refractivity contribution in [2.24, 2.45) is 0 Å². The standard InChI is InChI=1S/C31H29ClN6O3/c1-2-40-29-16-26-24(15-27(29)38-30(39)11-9-21-7-5-13-34-21)31(20(17-33)18-36-26)37-22-8-10-28(25(32)14-22)41-19-23-6-3-4-12-35-23/h3-4,6,8-12,14-16,18,21,34H,2,5,7,13,19H2,1H3,(H,36,37)(H,38,39)/b11-9+. The van der Waals surface area contributed by atoms with Crippen LogP contribution in [-0.2, 0) is 11.4 Å². The van der Waals surface area contributed by atoms with E-state index in [1.807, 2.05) is 37.3 Å². The highest BCUT2D eigenvalue weighted by Crippen LogP contribution is 2.37. The molecule has 1 fully saturated rings. The van der Waals surface area contributed by atoms with Gasteiger partial charge in [0.2, 0.25) is 5.91 Å². The van der Waals surface area contributed by atoms with Crippen LogP contribution in [-0.4, -0.2) is 35.1 Å². The van der Waals surface area contributed by atoms with Gasteiger partial charge < -0.3 is 25.4 Å². The van der Waals surface area contributed by atoms with Gasteiger partial charge in [0, 0.05) is 41.7 Å². The zero-order valence-corrected chi connectivity index (χ0v) is 23.2. The first-order valence-corrected chi connectivity index (χ1v) is 13.7. The van der Waals surface area contributed by atoms with Crippen molar-refractivity contribution in [1.29, 1.82) is 5.26 Å². The van der Waals surface area contributed by atoms with Crippen molar-refractivity contribution in [3.63, 3.8) is 0 Å². The number of anilines is 3. The summed E-state index contributed by atoms with van der Waals surface area (Å²) in [6.45, 7) is 3.51. The topological polar surface area (TPSA) is 121 Å². The largest absolute Gasteiger partial charge is 0.492 e. The van der Waals surface area contributed by atoms with E-state index < -0.39 is 0 Å². The number of halogens is 1. The first-order chi connectivity index (χ1) is 20.0. The second-order valence-corrected chi connectivity index (χ2v) is 9.80. The van der Waals surface area contributed by atoms with Gasteiger partial charge in [-0.25, -0.2) is 0 Å². The van der Waals surface area contributed by atoms with Crippen molar-refractivity contribution in [2.45, 2.75) is 32.4 Å². The number of carbonyl (C=O) groups excluding carboxylic acids is 1. The molecule has 9 nitrogen and oxygen atoms in total. The lowest BCUT2D eigenvalue weighted by molar-refractivity contribution is -0.111. The molecule has 5 rings (SSSR count). The number of hydrogen-bond acceptors (Lipinski definition) is 8. The molecule has 0 saturated carbocycles. The molecular formula is C31H29ClN6O3.